The summed E-state index contributed by atoms with van der Waals surface area (Å²) in [5, 5.41) is 17.3. The van der Waals surface area contributed by atoms with Gasteiger partial charge in [-0.15, -0.1) is 0 Å². The summed E-state index contributed by atoms with van der Waals surface area (Å²) < 4.78 is 16.5. The Kier molecular flexibility index (Phi) is 11.6. The van der Waals surface area contributed by atoms with Crippen LogP contribution in [0.2, 0.25) is 6.04 Å². The molecule has 7 heteroatoms. The zero-order chi connectivity index (χ0) is 16.8. The minimum atomic E-state index is -2.55. The average Bonchev–Trinajstić information content (AvgIpc) is 2.50. The summed E-state index contributed by atoms with van der Waals surface area (Å²) in [5.74, 6) is -0.879. The molecular formula is C15H26O6Si. The molecule has 22 heavy (non-hydrogen) atoms. The van der Waals surface area contributed by atoms with Gasteiger partial charge >= 0.3 is 14.8 Å². The van der Waals surface area contributed by atoms with Gasteiger partial charge in [0.15, 0.2) is 0 Å². The van der Waals surface area contributed by atoms with Gasteiger partial charge in [0, 0.05) is 32.5 Å². The van der Waals surface area contributed by atoms with E-state index in [1.165, 1.54) is 0 Å². The molecule has 0 atom stereocenters. The number of benzene rings is 1. The molecule has 0 spiro atoms. The molecule has 0 aliphatic rings. The van der Waals surface area contributed by atoms with Crippen LogP contribution in [0.3, 0.4) is 0 Å². The van der Waals surface area contributed by atoms with Crippen LogP contribution in [0.1, 0.15) is 31.1 Å². The van der Waals surface area contributed by atoms with E-state index in [0.717, 1.165) is 0 Å². The van der Waals surface area contributed by atoms with Crippen molar-refractivity contribution in [2.24, 2.45) is 0 Å². The number of carboxylic acid groups (broad SMARTS) is 1. The van der Waals surface area contributed by atoms with Crippen molar-refractivity contribution in [1.82, 2.24) is 0 Å². The SMILES string of the molecule is CCO[Si](CCO)(OCC)OCC.O=C(O)c1ccccc1. The fourth-order valence-electron chi connectivity index (χ4n) is 1.72. The van der Waals surface area contributed by atoms with Gasteiger partial charge in [0.25, 0.3) is 0 Å². The molecule has 0 radical (unpaired) electrons. The zero-order valence-electron chi connectivity index (χ0n) is 13.4. The second kappa shape index (κ2) is 12.3. The summed E-state index contributed by atoms with van der Waals surface area (Å²) in [6.07, 6.45) is 0. The standard InChI is InChI=1S/C8H20O4Si.C7H6O2/c1-4-10-13(8-7-9,11-5-2)12-6-3;8-7(9)6-4-2-1-3-5-6/h9H,4-8H2,1-3H3;1-5H,(H,8,9). The second-order valence-electron chi connectivity index (χ2n) is 4.13. The van der Waals surface area contributed by atoms with Crippen LogP contribution in [0, 0.1) is 0 Å². The number of aliphatic hydroxyl groups excluding tert-OH is 1. The Morgan fingerprint density at radius 2 is 1.45 bits per heavy atom. The van der Waals surface area contributed by atoms with Gasteiger partial charge in [-0.25, -0.2) is 4.79 Å². The molecule has 0 bridgehead atoms. The van der Waals surface area contributed by atoms with E-state index >= 15 is 0 Å². The molecule has 126 valence electrons. The molecule has 0 heterocycles. The molecule has 0 fully saturated rings. The van der Waals surface area contributed by atoms with E-state index in [0.29, 0.717) is 31.4 Å². The topological polar surface area (TPSA) is 85.2 Å². The van der Waals surface area contributed by atoms with Crippen molar-refractivity contribution in [2.45, 2.75) is 26.8 Å². The lowest BCUT2D eigenvalue weighted by Crippen LogP contribution is -2.46. The summed E-state index contributed by atoms with van der Waals surface area (Å²) in [4.78, 5) is 10.2. The third kappa shape index (κ3) is 8.25. The van der Waals surface area contributed by atoms with Crippen molar-refractivity contribution in [3.05, 3.63) is 35.9 Å². The molecule has 0 aliphatic carbocycles. The lowest BCUT2D eigenvalue weighted by molar-refractivity contribution is 0.0662. The number of aromatic carboxylic acids is 1. The van der Waals surface area contributed by atoms with Gasteiger partial charge in [0.05, 0.1) is 5.56 Å². The molecule has 0 saturated heterocycles. The third-order valence-corrected chi connectivity index (χ3v) is 5.55. The Hall–Kier alpha value is -1.25. The molecule has 6 nitrogen and oxygen atoms in total. The van der Waals surface area contributed by atoms with Gasteiger partial charge in [-0.1, -0.05) is 18.2 Å². The van der Waals surface area contributed by atoms with Crippen molar-refractivity contribution in [2.75, 3.05) is 26.4 Å². The number of rotatable bonds is 9. The number of hydrogen-bond acceptors (Lipinski definition) is 5. The number of carbonyl (C=O) groups is 1. The number of aliphatic hydroxyl groups is 1. The van der Waals surface area contributed by atoms with E-state index in [1.54, 1.807) is 30.3 Å². The van der Waals surface area contributed by atoms with Crippen molar-refractivity contribution >= 4 is 14.8 Å². The van der Waals surface area contributed by atoms with Crippen LogP contribution in [-0.4, -0.2) is 51.4 Å². The number of carboxylic acids is 1. The Balaban J connectivity index is 0.000000425. The summed E-state index contributed by atoms with van der Waals surface area (Å²) in [6, 6.07) is 8.77. The van der Waals surface area contributed by atoms with Gasteiger partial charge in [0.1, 0.15) is 0 Å². The molecule has 0 aromatic heterocycles. The van der Waals surface area contributed by atoms with Crippen molar-refractivity contribution in [3.63, 3.8) is 0 Å². The van der Waals surface area contributed by atoms with Crippen LogP contribution >= 0.6 is 0 Å². The summed E-state index contributed by atoms with van der Waals surface area (Å²) in [5.41, 5.74) is 0.331. The maximum atomic E-state index is 10.2. The first-order valence-corrected chi connectivity index (χ1v) is 9.29. The second-order valence-corrected chi connectivity index (χ2v) is 6.86. The van der Waals surface area contributed by atoms with Crippen molar-refractivity contribution in [3.8, 4) is 0 Å². The van der Waals surface area contributed by atoms with Crippen LogP contribution in [0.15, 0.2) is 30.3 Å². The van der Waals surface area contributed by atoms with Gasteiger partial charge in [0.2, 0.25) is 0 Å². The maximum absolute atomic E-state index is 10.2. The molecule has 0 amide bonds. The highest BCUT2D eigenvalue weighted by Gasteiger charge is 2.39. The van der Waals surface area contributed by atoms with E-state index in [-0.39, 0.29) is 6.61 Å². The highest BCUT2D eigenvalue weighted by atomic mass is 28.4. The largest absolute Gasteiger partial charge is 0.503 e. The van der Waals surface area contributed by atoms with E-state index in [9.17, 15) is 4.79 Å². The van der Waals surface area contributed by atoms with E-state index in [2.05, 4.69) is 0 Å². The highest BCUT2D eigenvalue weighted by Crippen LogP contribution is 2.14. The molecule has 0 saturated carbocycles. The molecule has 0 unspecified atom stereocenters. The molecule has 1 aromatic carbocycles. The monoisotopic (exact) mass is 330 g/mol. The first-order valence-electron chi connectivity index (χ1n) is 7.36. The van der Waals surface area contributed by atoms with E-state index in [1.807, 2.05) is 20.8 Å². The lowest BCUT2D eigenvalue weighted by atomic mass is 10.2. The molecule has 1 aromatic rings. The predicted octanol–water partition coefficient (Wildman–Crippen LogP) is 2.41. The third-order valence-electron chi connectivity index (χ3n) is 2.53. The van der Waals surface area contributed by atoms with Gasteiger partial charge < -0.3 is 23.5 Å². The Labute approximate surface area is 133 Å². The average molecular weight is 330 g/mol. The number of hydrogen-bond donors (Lipinski definition) is 2. The van der Waals surface area contributed by atoms with Crippen LogP contribution < -0.4 is 0 Å². The Morgan fingerprint density at radius 3 is 1.73 bits per heavy atom. The Bertz CT molecular complexity index is 369. The van der Waals surface area contributed by atoms with Crippen molar-refractivity contribution in [1.29, 1.82) is 0 Å². The van der Waals surface area contributed by atoms with Crippen LogP contribution in [-0.2, 0) is 13.3 Å². The van der Waals surface area contributed by atoms with E-state index in [4.69, 9.17) is 23.5 Å². The molecule has 1 rings (SSSR count). The first-order chi connectivity index (χ1) is 10.5. The van der Waals surface area contributed by atoms with Gasteiger partial charge in [-0.2, -0.15) is 0 Å². The minimum absolute atomic E-state index is 0.0478. The van der Waals surface area contributed by atoms with Gasteiger partial charge in [-0.05, 0) is 32.9 Å². The maximum Gasteiger partial charge on any atom is 0.503 e. The molecule has 2 N–H and O–H groups in total. The van der Waals surface area contributed by atoms with Crippen LogP contribution in [0.4, 0.5) is 0 Å². The normalized spacial score (nSPS) is 10.7. The van der Waals surface area contributed by atoms with Gasteiger partial charge in [-0.3, -0.25) is 0 Å². The zero-order valence-corrected chi connectivity index (χ0v) is 14.4. The van der Waals surface area contributed by atoms with E-state index < -0.39 is 14.8 Å². The smallest absolute Gasteiger partial charge is 0.478 e. The predicted molar refractivity (Wildman–Crippen MR) is 85.9 cm³/mol. The summed E-state index contributed by atoms with van der Waals surface area (Å²) in [7, 11) is -2.55. The summed E-state index contributed by atoms with van der Waals surface area (Å²) >= 11 is 0. The quantitative estimate of drug-likeness (QED) is 0.676. The fraction of sp³-hybridized carbons (Fsp3) is 0.533. The Morgan fingerprint density at radius 1 is 1.00 bits per heavy atom. The fourth-order valence-corrected chi connectivity index (χ4v) is 4.00. The molecule has 0 aliphatic heterocycles. The lowest BCUT2D eigenvalue weighted by Gasteiger charge is -2.27. The highest BCUT2D eigenvalue weighted by molar-refractivity contribution is 6.60. The summed E-state index contributed by atoms with van der Waals surface area (Å²) in [6.45, 7) is 7.43. The van der Waals surface area contributed by atoms with Crippen LogP contribution in [0.5, 0.6) is 0 Å². The minimum Gasteiger partial charge on any atom is -0.478 e. The molecular weight excluding hydrogens is 304 g/mol. The van der Waals surface area contributed by atoms with Crippen LogP contribution in [0.25, 0.3) is 0 Å². The first kappa shape index (κ1) is 20.7. The van der Waals surface area contributed by atoms with Crippen molar-refractivity contribution < 1.29 is 28.3 Å².